The van der Waals surface area contributed by atoms with Gasteiger partial charge in [-0.3, -0.25) is 4.79 Å². The van der Waals surface area contributed by atoms with Crippen LogP contribution < -0.4 is 10.5 Å². The molecule has 0 spiro atoms. The number of hydrogen-bond donors (Lipinski definition) is 1. The van der Waals surface area contributed by atoms with Crippen molar-refractivity contribution in [3.63, 3.8) is 0 Å². The molecule has 4 atom stereocenters. The maximum Gasteiger partial charge on any atom is 0.323 e. The highest BCUT2D eigenvalue weighted by atomic mass is 35.5. The van der Waals surface area contributed by atoms with E-state index < -0.39 is 12.1 Å². The van der Waals surface area contributed by atoms with Gasteiger partial charge in [-0.15, -0.1) is 12.4 Å². The van der Waals surface area contributed by atoms with Crippen LogP contribution in [0.25, 0.3) is 0 Å². The van der Waals surface area contributed by atoms with Crippen molar-refractivity contribution in [3.05, 3.63) is 30.3 Å². The number of esters is 1. The summed E-state index contributed by atoms with van der Waals surface area (Å²) in [5, 5.41) is 0. The van der Waals surface area contributed by atoms with Gasteiger partial charge in [-0.25, -0.2) is 0 Å². The van der Waals surface area contributed by atoms with Crippen molar-refractivity contribution in [2.75, 3.05) is 6.61 Å². The van der Waals surface area contributed by atoms with Crippen molar-refractivity contribution in [1.82, 2.24) is 0 Å². The number of benzene rings is 1. The molecule has 1 fully saturated rings. The third-order valence-electron chi connectivity index (χ3n) is 4.78. The number of unbranched alkanes of at least 4 members (excludes halogenated alkanes) is 2. The second-order valence-electron chi connectivity index (χ2n) is 7.04. The van der Waals surface area contributed by atoms with Gasteiger partial charge in [0.25, 0.3) is 0 Å². The van der Waals surface area contributed by atoms with Gasteiger partial charge in [-0.05, 0) is 44.7 Å². The molecule has 6 heteroatoms. The minimum atomic E-state index is -0.551. The van der Waals surface area contributed by atoms with E-state index in [0.29, 0.717) is 13.0 Å². The molecule has 1 aromatic carbocycles. The summed E-state index contributed by atoms with van der Waals surface area (Å²) in [6.07, 6.45) is 5.70. The molecule has 2 N–H and O–H groups in total. The molecule has 5 nitrogen and oxygen atoms in total. The zero-order valence-corrected chi connectivity index (χ0v) is 17.3. The lowest BCUT2D eigenvalue weighted by Crippen LogP contribution is -2.46. The van der Waals surface area contributed by atoms with Crippen molar-refractivity contribution in [2.45, 2.75) is 83.1 Å². The maximum atomic E-state index is 12.2. The largest absolute Gasteiger partial charge is 0.488 e. The smallest absolute Gasteiger partial charge is 0.323 e. The fraction of sp³-hybridized carbons (Fsp3) is 0.667. The van der Waals surface area contributed by atoms with E-state index in [9.17, 15) is 4.79 Å². The molecule has 0 unspecified atom stereocenters. The Morgan fingerprint density at radius 3 is 2.56 bits per heavy atom. The van der Waals surface area contributed by atoms with E-state index in [2.05, 4.69) is 6.92 Å². The molecule has 0 amide bonds. The molecule has 0 aliphatic carbocycles. The fourth-order valence-corrected chi connectivity index (χ4v) is 3.25. The summed E-state index contributed by atoms with van der Waals surface area (Å²) < 4.78 is 18.0. The standard InChI is InChI=1S/C21H33NO4.ClH/c1-3-4-10-15-24-20-16(2)25-21(23)18(22)13-8-9-14-19(20)26-17-11-6-5-7-12-17;/h5-7,11-12,16,18-20H,3-4,8-10,13-15,22H2,1-2H3;1H/t16-,18-,19-,20-;/m0./s1. The Hall–Kier alpha value is -1.30. The SMILES string of the molecule is CCCCCO[C@H]1[C@H](C)OC(=O)[C@@H](N)CCCC[C@@H]1Oc1ccccc1.Cl. The van der Waals surface area contributed by atoms with Crippen molar-refractivity contribution in [1.29, 1.82) is 0 Å². The van der Waals surface area contributed by atoms with Gasteiger partial charge >= 0.3 is 5.97 Å². The van der Waals surface area contributed by atoms with Gasteiger partial charge < -0.3 is 19.9 Å². The van der Waals surface area contributed by atoms with Crippen LogP contribution in [0.15, 0.2) is 30.3 Å². The van der Waals surface area contributed by atoms with Crippen LogP contribution in [0, 0.1) is 0 Å². The molecule has 1 aliphatic heterocycles. The second kappa shape index (κ2) is 13.0. The van der Waals surface area contributed by atoms with Crippen LogP contribution >= 0.6 is 12.4 Å². The zero-order valence-electron chi connectivity index (χ0n) is 16.5. The fourth-order valence-electron chi connectivity index (χ4n) is 3.25. The van der Waals surface area contributed by atoms with E-state index >= 15 is 0 Å². The zero-order chi connectivity index (χ0) is 18.8. The van der Waals surface area contributed by atoms with E-state index in [1.807, 2.05) is 37.3 Å². The van der Waals surface area contributed by atoms with Gasteiger partial charge in [0.05, 0.1) is 0 Å². The Morgan fingerprint density at radius 1 is 1.15 bits per heavy atom. The highest BCUT2D eigenvalue weighted by Crippen LogP contribution is 2.23. The number of cyclic esters (lactones) is 1. The van der Waals surface area contributed by atoms with E-state index in [-0.39, 0.29) is 30.6 Å². The quantitative estimate of drug-likeness (QED) is 0.547. The lowest BCUT2D eigenvalue weighted by molar-refractivity contribution is -0.164. The van der Waals surface area contributed by atoms with Gasteiger partial charge in [0, 0.05) is 6.61 Å². The Bertz CT molecular complexity index is 528. The Labute approximate surface area is 169 Å². The number of rotatable bonds is 7. The first-order valence-corrected chi connectivity index (χ1v) is 9.91. The molecule has 1 aromatic rings. The number of ether oxygens (including phenoxy) is 3. The molecule has 1 aliphatic rings. The summed E-state index contributed by atoms with van der Waals surface area (Å²) in [7, 11) is 0. The van der Waals surface area contributed by atoms with Gasteiger partial charge in [0.1, 0.15) is 30.1 Å². The maximum absolute atomic E-state index is 12.2. The van der Waals surface area contributed by atoms with Gasteiger partial charge in [0.2, 0.25) is 0 Å². The predicted molar refractivity (Wildman–Crippen MR) is 109 cm³/mol. The van der Waals surface area contributed by atoms with Crippen LogP contribution in [-0.2, 0) is 14.3 Å². The molecular formula is C21H34ClNO4. The van der Waals surface area contributed by atoms with Crippen molar-refractivity contribution < 1.29 is 19.0 Å². The number of para-hydroxylation sites is 1. The molecule has 0 bridgehead atoms. The Balaban J connectivity index is 0.00000364. The van der Waals surface area contributed by atoms with E-state index in [1.54, 1.807) is 0 Å². The van der Waals surface area contributed by atoms with Crippen molar-refractivity contribution in [3.8, 4) is 5.75 Å². The average Bonchev–Trinajstić information content (AvgIpc) is 2.64. The van der Waals surface area contributed by atoms with E-state index in [1.165, 1.54) is 0 Å². The molecule has 2 rings (SSSR count). The van der Waals surface area contributed by atoms with Crippen molar-refractivity contribution in [2.24, 2.45) is 5.73 Å². The first-order chi connectivity index (χ1) is 12.6. The molecule has 0 aromatic heterocycles. The average molecular weight is 400 g/mol. The van der Waals surface area contributed by atoms with E-state index in [4.69, 9.17) is 19.9 Å². The van der Waals surface area contributed by atoms with Crippen LogP contribution in [0.3, 0.4) is 0 Å². The first kappa shape index (κ1) is 23.7. The van der Waals surface area contributed by atoms with Crippen molar-refractivity contribution >= 4 is 18.4 Å². The molecule has 27 heavy (non-hydrogen) atoms. The van der Waals surface area contributed by atoms with Crippen LogP contribution in [-0.4, -0.2) is 36.9 Å². The molecule has 1 heterocycles. The molecule has 0 saturated carbocycles. The summed E-state index contributed by atoms with van der Waals surface area (Å²) in [6.45, 7) is 4.68. The molecule has 0 radical (unpaired) electrons. The number of carbonyl (C=O) groups is 1. The molecule has 154 valence electrons. The monoisotopic (exact) mass is 399 g/mol. The number of halogens is 1. The summed E-state index contributed by atoms with van der Waals surface area (Å²) in [4.78, 5) is 12.2. The van der Waals surface area contributed by atoms with Gasteiger partial charge in [0.15, 0.2) is 0 Å². The first-order valence-electron chi connectivity index (χ1n) is 9.91. The third kappa shape index (κ3) is 8.08. The third-order valence-corrected chi connectivity index (χ3v) is 4.78. The second-order valence-corrected chi connectivity index (χ2v) is 7.04. The van der Waals surface area contributed by atoms with Gasteiger partial charge in [-0.1, -0.05) is 44.4 Å². The predicted octanol–water partition coefficient (Wildman–Crippen LogP) is 4.26. The van der Waals surface area contributed by atoms with Crippen LogP contribution in [0.5, 0.6) is 5.75 Å². The molecular weight excluding hydrogens is 366 g/mol. The van der Waals surface area contributed by atoms with Gasteiger partial charge in [-0.2, -0.15) is 0 Å². The number of nitrogens with two attached hydrogens (primary N) is 1. The highest BCUT2D eigenvalue weighted by molar-refractivity contribution is 5.85. The number of hydrogen-bond acceptors (Lipinski definition) is 5. The Morgan fingerprint density at radius 2 is 1.85 bits per heavy atom. The summed E-state index contributed by atoms with van der Waals surface area (Å²) in [6, 6.07) is 9.21. The molecule has 1 saturated heterocycles. The van der Waals surface area contributed by atoms with Crippen LogP contribution in [0.2, 0.25) is 0 Å². The lowest BCUT2D eigenvalue weighted by Gasteiger charge is -2.33. The summed E-state index contributed by atoms with van der Waals surface area (Å²) >= 11 is 0. The number of carbonyl (C=O) groups excluding carboxylic acids is 1. The van der Waals surface area contributed by atoms with Crippen LogP contribution in [0.1, 0.15) is 58.8 Å². The topological polar surface area (TPSA) is 70.8 Å². The summed E-state index contributed by atoms with van der Waals surface area (Å²) in [5.41, 5.74) is 5.93. The van der Waals surface area contributed by atoms with Crippen LogP contribution in [0.4, 0.5) is 0 Å². The normalized spacial score (nSPS) is 26.6. The highest BCUT2D eigenvalue weighted by Gasteiger charge is 2.34. The van der Waals surface area contributed by atoms with E-state index in [0.717, 1.165) is 44.3 Å². The minimum absolute atomic E-state index is 0. The Kier molecular flexibility index (Phi) is 11.4. The lowest BCUT2D eigenvalue weighted by atomic mass is 9.99. The summed E-state index contributed by atoms with van der Waals surface area (Å²) in [5.74, 6) is 0.465. The minimum Gasteiger partial charge on any atom is -0.488 e.